The van der Waals surface area contributed by atoms with Gasteiger partial charge in [-0.05, 0) is 20.8 Å². The van der Waals surface area contributed by atoms with Gasteiger partial charge in [0.15, 0.2) is 0 Å². The van der Waals surface area contributed by atoms with E-state index < -0.39 is 6.10 Å². The molecule has 0 bridgehead atoms. The van der Waals surface area contributed by atoms with Crippen molar-refractivity contribution in [2.24, 2.45) is 0 Å². The second kappa shape index (κ2) is 7.33. The molecule has 1 fully saturated rings. The van der Waals surface area contributed by atoms with Gasteiger partial charge in [0, 0.05) is 19.1 Å². The number of nitrogens with zero attached hydrogens (tertiary/aromatic N) is 1. The summed E-state index contributed by atoms with van der Waals surface area (Å²) in [6.45, 7) is 7.54. The van der Waals surface area contributed by atoms with Gasteiger partial charge in [-0.25, -0.2) is 0 Å². The highest BCUT2D eigenvalue weighted by molar-refractivity contribution is 5.85. The van der Waals surface area contributed by atoms with Gasteiger partial charge in [0.2, 0.25) is 0 Å². The lowest BCUT2D eigenvalue weighted by atomic mass is 10.2. The van der Waals surface area contributed by atoms with Gasteiger partial charge in [-0.3, -0.25) is 9.59 Å². The zero-order valence-electron chi connectivity index (χ0n) is 11.3. The third-order valence-electron chi connectivity index (χ3n) is 2.71. The number of carbonyl (C=O) groups excluding carboxylic acids is 2. The summed E-state index contributed by atoms with van der Waals surface area (Å²) >= 11 is 0. The van der Waals surface area contributed by atoms with E-state index in [1.54, 1.807) is 6.92 Å². The van der Waals surface area contributed by atoms with Crippen LogP contribution in [0.2, 0.25) is 0 Å². The number of carbonyl (C=O) groups is 2. The van der Waals surface area contributed by atoms with Crippen LogP contribution in [-0.4, -0.2) is 61.8 Å². The van der Waals surface area contributed by atoms with Crippen LogP contribution in [0.4, 0.5) is 0 Å². The summed E-state index contributed by atoms with van der Waals surface area (Å²) in [5.74, 6) is -0.548. The van der Waals surface area contributed by atoms with Crippen LogP contribution in [0, 0.1) is 0 Å². The van der Waals surface area contributed by atoms with Gasteiger partial charge in [0.1, 0.15) is 12.6 Å². The monoisotopic (exact) mass is 258 g/mol. The highest BCUT2D eigenvalue weighted by Crippen LogP contribution is 2.07. The number of amides is 1. The quantitative estimate of drug-likeness (QED) is 0.690. The topological polar surface area (TPSA) is 67.9 Å². The molecular weight excluding hydrogens is 236 g/mol. The van der Waals surface area contributed by atoms with Crippen LogP contribution in [0.5, 0.6) is 0 Å². The van der Waals surface area contributed by atoms with E-state index in [4.69, 9.17) is 9.47 Å². The summed E-state index contributed by atoms with van der Waals surface area (Å²) in [6, 6.07) is -0.0626. The first kappa shape index (κ1) is 14.9. The minimum absolute atomic E-state index is 0.0236. The second-order valence-corrected chi connectivity index (χ2v) is 4.43. The number of hydrogen-bond donors (Lipinski definition) is 1. The minimum atomic E-state index is -0.504. The molecule has 0 aromatic carbocycles. The van der Waals surface area contributed by atoms with Crippen molar-refractivity contribution in [1.29, 1.82) is 0 Å². The number of morpholine rings is 1. The third-order valence-corrected chi connectivity index (χ3v) is 2.71. The molecule has 1 rings (SSSR count). The average molecular weight is 258 g/mol. The third kappa shape index (κ3) is 4.27. The fourth-order valence-electron chi connectivity index (χ4n) is 1.77. The summed E-state index contributed by atoms with van der Waals surface area (Å²) in [6.07, 6.45) is -0.504. The molecule has 1 unspecified atom stereocenters. The van der Waals surface area contributed by atoms with Crippen LogP contribution in [0.1, 0.15) is 20.8 Å². The van der Waals surface area contributed by atoms with Crippen molar-refractivity contribution in [3.63, 3.8) is 0 Å². The van der Waals surface area contributed by atoms with Gasteiger partial charge in [0.05, 0.1) is 13.2 Å². The predicted octanol–water partition coefficient (Wildman–Crippen LogP) is -0.225. The van der Waals surface area contributed by atoms with Crippen LogP contribution in [0.25, 0.3) is 0 Å². The second-order valence-electron chi connectivity index (χ2n) is 4.43. The fraction of sp³-hybridized carbons (Fsp3) is 0.833. The summed E-state index contributed by atoms with van der Waals surface area (Å²) in [5.41, 5.74) is 0. The van der Waals surface area contributed by atoms with Crippen LogP contribution < -0.4 is 5.32 Å². The van der Waals surface area contributed by atoms with Crippen molar-refractivity contribution in [2.45, 2.75) is 32.9 Å². The lowest BCUT2D eigenvalue weighted by Gasteiger charge is -2.31. The van der Waals surface area contributed by atoms with E-state index in [0.29, 0.717) is 19.8 Å². The number of rotatable bonds is 5. The van der Waals surface area contributed by atoms with Gasteiger partial charge < -0.3 is 19.7 Å². The number of ether oxygens (including phenoxy) is 2. The Kier molecular flexibility index (Phi) is 6.07. The van der Waals surface area contributed by atoms with E-state index in [1.807, 2.05) is 13.8 Å². The molecule has 0 aliphatic carbocycles. The maximum Gasteiger partial charge on any atom is 0.325 e. The molecule has 0 aromatic heterocycles. The molecule has 6 nitrogen and oxygen atoms in total. The Bertz CT molecular complexity index is 288. The Labute approximate surface area is 108 Å². The van der Waals surface area contributed by atoms with Gasteiger partial charge in [-0.1, -0.05) is 0 Å². The van der Waals surface area contributed by atoms with E-state index in [2.05, 4.69) is 5.32 Å². The summed E-state index contributed by atoms with van der Waals surface area (Å²) in [7, 11) is 0. The van der Waals surface area contributed by atoms with Crippen LogP contribution in [0.15, 0.2) is 0 Å². The van der Waals surface area contributed by atoms with E-state index in [-0.39, 0.29) is 24.5 Å². The first-order valence-corrected chi connectivity index (χ1v) is 6.34. The molecule has 0 aromatic rings. The molecule has 1 atom stereocenters. The minimum Gasteiger partial charge on any atom is -0.465 e. The Balaban J connectivity index is 2.59. The fourth-order valence-corrected chi connectivity index (χ4v) is 1.77. The Morgan fingerprint density at radius 1 is 1.50 bits per heavy atom. The highest BCUT2D eigenvalue weighted by atomic mass is 16.5. The maximum absolute atomic E-state index is 12.2. The molecule has 0 spiro atoms. The molecule has 0 saturated carbocycles. The van der Waals surface area contributed by atoms with Crippen molar-refractivity contribution in [2.75, 3.05) is 32.8 Å². The van der Waals surface area contributed by atoms with Crippen molar-refractivity contribution in [3.8, 4) is 0 Å². The molecular formula is C12H22N2O4. The maximum atomic E-state index is 12.2. The summed E-state index contributed by atoms with van der Waals surface area (Å²) < 4.78 is 10.3. The number of esters is 1. The zero-order chi connectivity index (χ0) is 13.5. The molecule has 1 N–H and O–H groups in total. The molecule has 1 heterocycles. The molecule has 6 heteroatoms. The van der Waals surface area contributed by atoms with Crippen molar-refractivity contribution >= 4 is 11.9 Å². The molecule has 1 saturated heterocycles. The molecule has 0 radical (unpaired) electrons. The van der Waals surface area contributed by atoms with Crippen LogP contribution >= 0.6 is 0 Å². The summed E-state index contributed by atoms with van der Waals surface area (Å²) in [4.78, 5) is 25.2. The molecule has 1 aliphatic rings. The zero-order valence-corrected chi connectivity index (χ0v) is 11.3. The normalized spacial score (nSPS) is 19.7. The summed E-state index contributed by atoms with van der Waals surface area (Å²) in [5, 5.41) is 3.10. The Morgan fingerprint density at radius 3 is 2.72 bits per heavy atom. The first-order chi connectivity index (χ1) is 8.56. The van der Waals surface area contributed by atoms with Crippen molar-refractivity contribution in [3.05, 3.63) is 0 Å². The van der Waals surface area contributed by atoms with Gasteiger partial charge in [0.25, 0.3) is 5.91 Å². The number of nitrogens with one attached hydrogen (secondary N) is 1. The predicted molar refractivity (Wildman–Crippen MR) is 66.1 cm³/mol. The van der Waals surface area contributed by atoms with Crippen LogP contribution in [-0.2, 0) is 19.1 Å². The molecule has 104 valence electrons. The van der Waals surface area contributed by atoms with E-state index in [1.165, 1.54) is 4.90 Å². The molecule has 1 aliphatic heterocycles. The lowest BCUT2D eigenvalue weighted by molar-refractivity contribution is -0.156. The van der Waals surface area contributed by atoms with E-state index in [0.717, 1.165) is 6.54 Å². The highest BCUT2D eigenvalue weighted by Gasteiger charge is 2.29. The molecule has 1 amide bonds. The average Bonchev–Trinajstić information content (AvgIpc) is 2.36. The van der Waals surface area contributed by atoms with E-state index >= 15 is 0 Å². The standard InChI is InChI=1S/C12H22N2O4/c1-4-17-11(15)8-14(9(2)3)12(16)10-7-13-5-6-18-10/h9-10,13H,4-8H2,1-3H3. The lowest BCUT2D eigenvalue weighted by Crippen LogP contribution is -2.52. The van der Waals surface area contributed by atoms with E-state index in [9.17, 15) is 9.59 Å². The first-order valence-electron chi connectivity index (χ1n) is 6.34. The van der Waals surface area contributed by atoms with Gasteiger partial charge in [-0.2, -0.15) is 0 Å². The Morgan fingerprint density at radius 2 is 2.22 bits per heavy atom. The number of hydrogen-bond acceptors (Lipinski definition) is 5. The van der Waals surface area contributed by atoms with Crippen molar-refractivity contribution in [1.82, 2.24) is 10.2 Å². The van der Waals surface area contributed by atoms with Crippen molar-refractivity contribution < 1.29 is 19.1 Å². The smallest absolute Gasteiger partial charge is 0.325 e. The van der Waals surface area contributed by atoms with Crippen LogP contribution in [0.3, 0.4) is 0 Å². The largest absolute Gasteiger partial charge is 0.465 e. The van der Waals surface area contributed by atoms with Gasteiger partial charge in [-0.15, -0.1) is 0 Å². The van der Waals surface area contributed by atoms with Gasteiger partial charge >= 0.3 is 5.97 Å². The SMILES string of the molecule is CCOC(=O)CN(C(=O)C1CNCCO1)C(C)C. The molecule has 18 heavy (non-hydrogen) atoms. The Hall–Kier alpha value is -1.14.